The topological polar surface area (TPSA) is 101 Å². The summed E-state index contributed by atoms with van der Waals surface area (Å²) >= 11 is 6.18. The van der Waals surface area contributed by atoms with Crippen LogP contribution in [0.2, 0.25) is 5.15 Å². The predicted octanol–water partition coefficient (Wildman–Crippen LogP) is 2.82. The van der Waals surface area contributed by atoms with Crippen molar-refractivity contribution in [2.45, 2.75) is 24.5 Å². The van der Waals surface area contributed by atoms with Gasteiger partial charge in [-0.2, -0.15) is 0 Å². The van der Waals surface area contributed by atoms with Gasteiger partial charge in [0, 0.05) is 18.7 Å². The molecule has 1 fully saturated rings. The number of rotatable bonds is 4. The molecular weight excluding hydrogens is 392 g/mol. The Labute approximate surface area is 161 Å². The summed E-state index contributed by atoms with van der Waals surface area (Å²) in [6, 6.07) is 5.17. The molecule has 4 rings (SSSR count). The quantitative estimate of drug-likeness (QED) is 0.776. The fourth-order valence-electron chi connectivity index (χ4n) is 3.04. The van der Waals surface area contributed by atoms with Crippen molar-refractivity contribution in [1.29, 1.82) is 0 Å². The van der Waals surface area contributed by atoms with Gasteiger partial charge in [0.25, 0.3) is 0 Å². The average molecular weight is 409 g/mol. The monoisotopic (exact) mass is 408 g/mol. The maximum atomic E-state index is 12.1. The van der Waals surface area contributed by atoms with Crippen molar-refractivity contribution in [3.8, 4) is 0 Å². The molecule has 0 unspecified atom stereocenters. The van der Waals surface area contributed by atoms with Crippen molar-refractivity contribution in [3.63, 3.8) is 0 Å². The Kier molecular flexibility index (Phi) is 4.23. The Hall–Kier alpha value is -2.39. The largest absolute Gasteiger partial charge is 0.464 e. The highest BCUT2D eigenvalue weighted by Crippen LogP contribution is 2.42. The van der Waals surface area contributed by atoms with E-state index in [-0.39, 0.29) is 28.3 Å². The van der Waals surface area contributed by atoms with Crippen molar-refractivity contribution in [2.75, 3.05) is 23.8 Å². The number of hydrogen-bond donors (Lipinski definition) is 1. The minimum atomic E-state index is -3.33. The van der Waals surface area contributed by atoms with Gasteiger partial charge in [0.15, 0.2) is 16.7 Å². The van der Waals surface area contributed by atoms with E-state index in [1.165, 1.54) is 18.5 Å². The number of nitrogens with one attached hydrogen (secondary N) is 1. The molecule has 1 aromatic heterocycles. The number of anilines is 3. The summed E-state index contributed by atoms with van der Waals surface area (Å²) < 4.78 is 30.1. The lowest BCUT2D eigenvalue weighted by atomic mass is 10.1. The maximum Gasteiger partial charge on any atom is 0.360 e. The lowest BCUT2D eigenvalue weighted by Crippen LogP contribution is -2.20. The van der Waals surface area contributed by atoms with Gasteiger partial charge >= 0.3 is 5.97 Å². The third kappa shape index (κ3) is 3.21. The molecule has 0 atom stereocenters. The molecule has 0 bridgehead atoms. The Bertz CT molecular complexity index is 1050. The zero-order valence-electron chi connectivity index (χ0n) is 14.7. The summed E-state index contributed by atoms with van der Waals surface area (Å²) in [5.74, 6) is -0.242. The number of hydrogen-bond acceptors (Lipinski definition) is 7. The van der Waals surface area contributed by atoms with Crippen LogP contribution in [0.1, 0.15) is 40.5 Å². The van der Waals surface area contributed by atoms with Crippen LogP contribution in [0.3, 0.4) is 0 Å². The van der Waals surface area contributed by atoms with Gasteiger partial charge in [0.2, 0.25) is 10.0 Å². The summed E-state index contributed by atoms with van der Waals surface area (Å²) in [6.07, 6.45) is 1.96. The first-order valence-corrected chi connectivity index (χ1v) is 10.3. The number of carbonyl (C=O) groups is 1. The van der Waals surface area contributed by atoms with Gasteiger partial charge in [0.1, 0.15) is 0 Å². The van der Waals surface area contributed by atoms with Gasteiger partial charge in [-0.05, 0) is 36.6 Å². The molecule has 10 heteroatoms. The number of ether oxygens (including phenoxy) is 1. The molecule has 142 valence electrons. The van der Waals surface area contributed by atoms with E-state index >= 15 is 0 Å². The SMILES string of the molecule is COC(=O)c1nc(Cl)c(C2CC2)nc1Nc1ccc2c(c1)CS(=O)(=O)N2C. The standard InChI is InChI=1S/C17H17ClN4O4S/c1-22-12-6-5-11(7-10(12)8-27(22,24)25)19-16-14(17(23)26-2)20-15(18)13(21-16)9-3-4-9/h5-7,9H,3-4,8H2,1-2H3,(H,19,21). The number of aromatic nitrogens is 2. The number of sulfonamides is 1. The number of esters is 1. The van der Waals surface area contributed by atoms with Crippen LogP contribution in [0.4, 0.5) is 17.2 Å². The lowest BCUT2D eigenvalue weighted by Gasteiger charge is -2.14. The second-order valence-corrected chi connectivity index (χ2v) is 8.91. The molecular formula is C17H17ClN4O4S. The normalized spacial score (nSPS) is 17.5. The van der Waals surface area contributed by atoms with Crippen LogP contribution in [0.5, 0.6) is 0 Å². The Morgan fingerprint density at radius 3 is 2.74 bits per heavy atom. The summed E-state index contributed by atoms with van der Waals surface area (Å²) in [6.45, 7) is 0. The number of halogens is 1. The molecule has 0 saturated heterocycles. The Morgan fingerprint density at radius 1 is 1.33 bits per heavy atom. The fraction of sp³-hybridized carbons (Fsp3) is 0.353. The third-order valence-corrected chi connectivity index (χ3v) is 6.64. The van der Waals surface area contributed by atoms with Gasteiger partial charge in [-0.3, -0.25) is 4.31 Å². The van der Waals surface area contributed by atoms with Crippen molar-refractivity contribution < 1.29 is 17.9 Å². The minimum absolute atomic E-state index is 0.0165. The van der Waals surface area contributed by atoms with Crippen molar-refractivity contribution >= 4 is 44.8 Å². The van der Waals surface area contributed by atoms with E-state index in [2.05, 4.69) is 15.3 Å². The van der Waals surface area contributed by atoms with Crippen molar-refractivity contribution in [1.82, 2.24) is 9.97 Å². The minimum Gasteiger partial charge on any atom is -0.464 e. The van der Waals surface area contributed by atoms with E-state index in [4.69, 9.17) is 16.3 Å². The predicted molar refractivity (Wildman–Crippen MR) is 101 cm³/mol. The fourth-order valence-corrected chi connectivity index (χ4v) is 4.61. The highest BCUT2D eigenvalue weighted by atomic mass is 35.5. The molecule has 0 radical (unpaired) electrons. The highest BCUT2D eigenvalue weighted by molar-refractivity contribution is 7.92. The molecule has 1 saturated carbocycles. The van der Waals surface area contributed by atoms with Gasteiger partial charge < -0.3 is 10.1 Å². The molecule has 8 nitrogen and oxygen atoms in total. The van der Waals surface area contributed by atoms with Crippen LogP contribution in [0.25, 0.3) is 0 Å². The van der Waals surface area contributed by atoms with Gasteiger partial charge in [0.05, 0.1) is 24.2 Å². The highest BCUT2D eigenvalue weighted by Gasteiger charge is 2.32. The molecule has 2 heterocycles. The molecule has 27 heavy (non-hydrogen) atoms. The smallest absolute Gasteiger partial charge is 0.360 e. The van der Waals surface area contributed by atoms with E-state index in [9.17, 15) is 13.2 Å². The summed E-state index contributed by atoms with van der Waals surface area (Å²) in [7, 11) is -0.548. The summed E-state index contributed by atoms with van der Waals surface area (Å²) in [5, 5.41) is 3.26. The number of benzene rings is 1. The molecule has 1 aromatic carbocycles. The molecule has 1 aliphatic carbocycles. The van der Waals surface area contributed by atoms with Crippen LogP contribution in [0, 0.1) is 0 Å². The molecule has 1 aliphatic heterocycles. The van der Waals surface area contributed by atoms with E-state index in [0.717, 1.165) is 12.8 Å². The first-order valence-electron chi connectivity index (χ1n) is 8.32. The van der Waals surface area contributed by atoms with E-state index in [0.29, 0.717) is 22.6 Å². The van der Waals surface area contributed by atoms with Crippen LogP contribution < -0.4 is 9.62 Å². The molecule has 0 spiro atoms. The number of nitrogens with zero attached hydrogens (tertiary/aromatic N) is 3. The van der Waals surface area contributed by atoms with Crippen LogP contribution >= 0.6 is 11.6 Å². The first-order chi connectivity index (χ1) is 12.8. The van der Waals surface area contributed by atoms with Crippen molar-refractivity contribution in [2.24, 2.45) is 0 Å². The molecule has 2 aliphatic rings. The number of carbonyl (C=O) groups excluding carboxylic acids is 1. The van der Waals surface area contributed by atoms with E-state index in [1.54, 1.807) is 18.2 Å². The van der Waals surface area contributed by atoms with Crippen molar-refractivity contribution in [3.05, 3.63) is 40.3 Å². The lowest BCUT2D eigenvalue weighted by molar-refractivity contribution is 0.0595. The van der Waals surface area contributed by atoms with Crippen LogP contribution in [-0.4, -0.2) is 38.5 Å². The van der Waals surface area contributed by atoms with Crippen LogP contribution in [-0.2, 0) is 20.5 Å². The molecule has 0 amide bonds. The number of methoxy groups -OCH3 is 1. The second kappa shape index (κ2) is 6.35. The van der Waals surface area contributed by atoms with Gasteiger partial charge in [-0.1, -0.05) is 11.6 Å². The summed E-state index contributed by atoms with van der Waals surface area (Å²) in [4.78, 5) is 20.8. The van der Waals surface area contributed by atoms with Gasteiger partial charge in [-0.15, -0.1) is 0 Å². The van der Waals surface area contributed by atoms with E-state index < -0.39 is 16.0 Å². The Balaban J connectivity index is 1.72. The third-order valence-electron chi connectivity index (χ3n) is 4.66. The van der Waals surface area contributed by atoms with Gasteiger partial charge in [-0.25, -0.2) is 23.2 Å². The second-order valence-electron chi connectivity index (χ2n) is 6.55. The maximum absolute atomic E-state index is 12.1. The number of fused-ring (bicyclic) bond motifs is 1. The Morgan fingerprint density at radius 2 is 2.07 bits per heavy atom. The van der Waals surface area contributed by atoms with Crippen LogP contribution in [0.15, 0.2) is 18.2 Å². The molecule has 2 aromatic rings. The average Bonchev–Trinajstić information content (AvgIpc) is 3.43. The molecule has 1 N–H and O–H groups in total. The van der Waals surface area contributed by atoms with E-state index in [1.807, 2.05) is 0 Å². The summed E-state index contributed by atoms with van der Waals surface area (Å²) in [5.41, 5.74) is 2.54. The first kappa shape index (κ1) is 18.0. The zero-order valence-corrected chi connectivity index (χ0v) is 16.3. The zero-order chi connectivity index (χ0) is 19.3.